The Morgan fingerprint density at radius 2 is 1.10 bits per heavy atom. The zero-order valence-corrected chi connectivity index (χ0v) is 49.6. The fourth-order valence-electron chi connectivity index (χ4n) is 17.0. The average Bonchev–Trinajstić information content (AvgIpc) is 0.758. The number of fused-ring (bicyclic) bond motifs is 7. The Morgan fingerprint density at radius 1 is 0.583 bits per heavy atom. The quantitative estimate of drug-likeness (QED) is 0.0361. The normalized spacial score (nSPS) is 52.0. The molecule has 0 aromatic carbocycles. The average molecular weight is 1210 g/mol. The van der Waals surface area contributed by atoms with Gasteiger partial charge in [-0.1, -0.05) is 66.2 Å². The maximum atomic E-state index is 13.2. The Balaban J connectivity index is 0.928. The summed E-state index contributed by atoms with van der Waals surface area (Å²) in [6, 6.07) is 0. The Labute approximate surface area is 490 Å². The molecule has 4 saturated heterocycles. The van der Waals surface area contributed by atoms with Crippen molar-refractivity contribution in [3.05, 3.63) is 23.3 Å². The van der Waals surface area contributed by atoms with Crippen molar-refractivity contribution in [1.29, 1.82) is 0 Å². The topological polar surface area (TPSA) is 404 Å². The van der Waals surface area contributed by atoms with Gasteiger partial charge in [0, 0.05) is 11.0 Å². The van der Waals surface area contributed by atoms with E-state index in [2.05, 4.69) is 40.7 Å². The van der Waals surface area contributed by atoms with E-state index in [1.54, 1.807) is 6.92 Å². The molecule has 9 rings (SSSR count). The van der Waals surface area contributed by atoms with Gasteiger partial charge in [0.05, 0.1) is 51.3 Å². The van der Waals surface area contributed by atoms with E-state index >= 15 is 0 Å². The van der Waals surface area contributed by atoms with Gasteiger partial charge in [-0.05, 0) is 110 Å². The molecule has 25 heteroatoms. The number of hydrogen-bond acceptors (Lipinski definition) is 25. The maximum absolute atomic E-state index is 13.2. The number of carbonyl (C=O) groups excluding carboxylic acids is 1. The first-order valence-electron chi connectivity index (χ1n) is 30.0. The van der Waals surface area contributed by atoms with Crippen LogP contribution in [0.15, 0.2) is 23.3 Å². The van der Waals surface area contributed by atoms with E-state index in [9.17, 15) is 81.4 Å². The highest BCUT2D eigenvalue weighted by Gasteiger charge is 2.71. The van der Waals surface area contributed by atoms with Crippen LogP contribution in [-0.2, 0) is 47.4 Å². The molecule has 4 heterocycles. The van der Waals surface area contributed by atoms with Crippen LogP contribution in [-0.4, -0.2) is 257 Å². The van der Waals surface area contributed by atoms with E-state index in [1.165, 1.54) is 13.0 Å². The van der Waals surface area contributed by atoms with Gasteiger partial charge in [0.15, 0.2) is 31.3 Å². The van der Waals surface area contributed by atoms with Gasteiger partial charge in [0.1, 0.15) is 91.6 Å². The summed E-state index contributed by atoms with van der Waals surface area (Å²) in [7, 11) is 0. The number of ether oxygens (including phenoxy) is 9. The molecule has 0 radical (unpaired) electrons. The molecule has 4 aliphatic heterocycles. The van der Waals surface area contributed by atoms with Crippen LogP contribution >= 0.6 is 0 Å². The molecule has 4 saturated carbocycles. The molecular formula is C59H96O25. The van der Waals surface area contributed by atoms with Crippen LogP contribution in [0.25, 0.3) is 0 Å². The van der Waals surface area contributed by atoms with Gasteiger partial charge in [-0.2, -0.15) is 0 Å². The first-order valence-corrected chi connectivity index (χ1v) is 30.0. The summed E-state index contributed by atoms with van der Waals surface area (Å²) >= 11 is 0. The molecular weight excluding hydrogens is 1110 g/mol. The second-order valence-corrected chi connectivity index (χ2v) is 27.9. The molecule has 8 fully saturated rings. The monoisotopic (exact) mass is 1200 g/mol. The van der Waals surface area contributed by atoms with Gasteiger partial charge < -0.3 is 119 Å². The van der Waals surface area contributed by atoms with Gasteiger partial charge in [0.2, 0.25) is 0 Å². The molecule has 84 heavy (non-hydrogen) atoms. The Hall–Kier alpha value is -1.97. The number of aliphatic hydroxyl groups is 15. The highest BCUT2D eigenvalue weighted by Crippen LogP contribution is 2.76. The summed E-state index contributed by atoms with van der Waals surface area (Å²) in [5.74, 6) is -0.888. The predicted octanol–water partition coefficient (Wildman–Crippen LogP) is -2.10. The molecule has 482 valence electrons. The number of carbonyl (C=O) groups is 1. The lowest BCUT2D eigenvalue weighted by Crippen LogP contribution is -2.68. The molecule has 25 nitrogen and oxygen atoms in total. The highest BCUT2D eigenvalue weighted by molar-refractivity contribution is 5.87. The van der Waals surface area contributed by atoms with E-state index < -0.39 is 195 Å². The third-order valence-corrected chi connectivity index (χ3v) is 22.7. The van der Waals surface area contributed by atoms with Crippen molar-refractivity contribution in [2.75, 3.05) is 33.0 Å². The fraction of sp³-hybridized carbons (Fsp3) is 0.915. The third-order valence-electron chi connectivity index (χ3n) is 22.7. The zero-order valence-electron chi connectivity index (χ0n) is 49.6. The van der Waals surface area contributed by atoms with Crippen LogP contribution < -0.4 is 0 Å². The summed E-state index contributed by atoms with van der Waals surface area (Å²) in [6.45, 7) is 15.7. The summed E-state index contributed by atoms with van der Waals surface area (Å²) in [5, 5.41) is 163. The Kier molecular flexibility index (Phi) is 19.5. The lowest BCUT2D eigenvalue weighted by Gasteiger charge is -2.72. The number of allylic oxidation sites excluding steroid dienone is 3. The Bertz CT molecular complexity index is 2350. The van der Waals surface area contributed by atoms with Crippen LogP contribution in [0.4, 0.5) is 0 Å². The summed E-state index contributed by atoms with van der Waals surface area (Å²) < 4.78 is 53.8. The molecule has 5 aliphatic carbocycles. The second-order valence-electron chi connectivity index (χ2n) is 27.9. The van der Waals surface area contributed by atoms with E-state index in [0.717, 1.165) is 24.8 Å². The van der Waals surface area contributed by atoms with Crippen molar-refractivity contribution in [2.45, 2.75) is 255 Å². The van der Waals surface area contributed by atoms with Crippen molar-refractivity contribution in [2.24, 2.45) is 50.2 Å². The van der Waals surface area contributed by atoms with E-state index in [1.807, 2.05) is 13.8 Å². The number of hydrogen-bond donors (Lipinski definition) is 15. The minimum Gasteiger partial charge on any atom is -0.453 e. The maximum Gasteiger partial charge on any atom is 0.333 e. The van der Waals surface area contributed by atoms with Crippen LogP contribution in [0.2, 0.25) is 0 Å². The van der Waals surface area contributed by atoms with Crippen LogP contribution in [0.3, 0.4) is 0 Å². The lowest BCUT2D eigenvalue weighted by atomic mass is 9.33. The van der Waals surface area contributed by atoms with Gasteiger partial charge in [0.25, 0.3) is 0 Å². The van der Waals surface area contributed by atoms with Crippen molar-refractivity contribution in [3.63, 3.8) is 0 Å². The minimum atomic E-state index is -1.80. The molecule has 0 aromatic rings. The molecule has 0 bridgehead atoms. The Morgan fingerprint density at radius 3 is 1.64 bits per heavy atom. The molecule has 30 unspecified atom stereocenters. The number of aliphatic hydroxyl groups excluding tert-OH is 15. The molecule has 0 amide bonds. The number of rotatable bonds is 15. The van der Waals surface area contributed by atoms with Crippen LogP contribution in [0, 0.1) is 50.2 Å². The SMILES string of the molecule is CC=C(C)C(=O)OC1C(O)C(COC2OC(CO)C(O)C(O)C2O)OC(OC2CCC3(C)C(CCC4(C)C3CC=C3C5CC(C)(C)C(O)C(O)C5(COC5OC(COC6OC(CO)C(O)C(O)C6O)C(O)C(O)C5O)CCC34C)C2(C)C)C1O. The van der Waals surface area contributed by atoms with Gasteiger partial charge in [-0.3, -0.25) is 0 Å². The fourth-order valence-corrected chi connectivity index (χ4v) is 17.0. The van der Waals surface area contributed by atoms with Crippen molar-refractivity contribution in [1.82, 2.24) is 0 Å². The standard InChI is InChI=1S/C59H96O25/c1-10-25(2)49(75)84-46-38(65)31(23-77-51-43(70)40(67)36(63)29(21-61)80-51)82-53(45(46)72)83-34-14-15-56(7)32(55(34,5)6)13-16-58(9)33(56)12-11-26-27-19-54(3,4)47(73)48(74)59(27,18-17-57(26,58)8)24-78-52-44(71)41(68)37(64)30(81-52)22-76-50-42(69)39(66)35(62)28(20-60)79-50/h10-11,27-48,50-53,60-74H,12-24H2,1-9H3. The third kappa shape index (κ3) is 11.1. The van der Waals surface area contributed by atoms with Gasteiger partial charge in [-0.25, -0.2) is 4.79 Å². The molecule has 15 N–H and O–H groups in total. The highest BCUT2D eigenvalue weighted by atomic mass is 16.7. The first kappa shape index (κ1) is 66.4. The van der Waals surface area contributed by atoms with Crippen molar-refractivity contribution < 1.29 is 124 Å². The van der Waals surface area contributed by atoms with E-state index in [4.69, 9.17) is 42.6 Å². The summed E-state index contributed by atoms with van der Waals surface area (Å²) in [5.41, 5.74) is -1.97. The van der Waals surface area contributed by atoms with E-state index in [0.29, 0.717) is 32.1 Å². The first-order chi connectivity index (χ1) is 39.3. The molecule has 9 aliphatic rings. The summed E-state index contributed by atoms with van der Waals surface area (Å²) in [4.78, 5) is 13.2. The number of esters is 1. The zero-order chi connectivity index (χ0) is 61.7. The largest absolute Gasteiger partial charge is 0.453 e. The molecule has 0 spiro atoms. The van der Waals surface area contributed by atoms with E-state index in [-0.39, 0.29) is 40.8 Å². The van der Waals surface area contributed by atoms with Crippen molar-refractivity contribution >= 4 is 5.97 Å². The predicted molar refractivity (Wildman–Crippen MR) is 289 cm³/mol. The lowest BCUT2D eigenvalue weighted by molar-refractivity contribution is -0.346. The second kappa shape index (κ2) is 24.7. The summed E-state index contributed by atoms with van der Waals surface area (Å²) in [6.07, 6.45) is -26.0. The smallest absolute Gasteiger partial charge is 0.333 e. The van der Waals surface area contributed by atoms with Gasteiger partial charge in [-0.15, -0.1) is 0 Å². The molecule has 0 aromatic heterocycles. The van der Waals surface area contributed by atoms with Crippen LogP contribution in [0.5, 0.6) is 0 Å². The van der Waals surface area contributed by atoms with Gasteiger partial charge >= 0.3 is 5.97 Å². The molecule has 30 atom stereocenters. The van der Waals surface area contributed by atoms with Crippen molar-refractivity contribution in [3.8, 4) is 0 Å². The minimum absolute atomic E-state index is 0.0758. The van der Waals surface area contributed by atoms with Crippen LogP contribution in [0.1, 0.15) is 114 Å².